The summed E-state index contributed by atoms with van der Waals surface area (Å²) in [6.07, 6.45) is 3.04. The van der Waals surface area contributed by atoms with E-state index >= 15 is 0 Å². The van der Waals surface area contributed by atoms with Crippen LogP contribution in [0.5, 0.6) is 0 Å². The van der Waals surface area contributed by atoms with Crippen molar-refractivity contribution in [2.75, 3.05) is 44.3 Å². The number of urea groups is 1. The highest BCUT2D eigenvalue weighted by Crippen LogP contribution is 2.19. The number of morpholine rings is 1. The molecule has 2 fully saturated rings. The number of likely N-dealkylation sites (tertiary alicyclic amines) is 1. The number of pyridine rings is 1. The van der Waals surface area contributed by atoms with E-state index in [1.165, 1.54) is 0 Å². The van der Waals surface area contributed by atoms with Gasteiger partial charge < -0.3 is 25.6 Å². The predicted octanol–water partition coefficient (Wildman–Crippen LogP) is 0.325. The third kappa shape index (κ3) is 4.39. The van der Waals surface area contributed by atoms with Crippen LogP contribution in [0.3, 0.4) is 0 Å². The first kappa shape index (κ1) is 17.5. The lowest BCUT2D eigenvalue weighted by Crippen LogP contribution is -2.46. The van der Waals surface area contributed by atoms with E-state index in [0.717, 1.165) is 24.5 Å². The maximum absolute atomic E-state index is 12.4. The van der Waals surface area contributed by atoms with Crippen molar-refractivity contribution in [3.8, 4) is 0 Å². The van der Waals surface area contributed by atoms with E-state index in [9.17, 15) is 9.59 Å². The minimum atomic E-state index is -0.273. The van der Waals surface area contributed by atoms with Crippen LogP contribution in [-0.2, 0) is 16.1 Å². The Morgan fingerprint density at radius 2 is 1.96 bits per heavy atom. The molecule has 25 heavy (non-hydrogen) atoms. The van der Waals surface area contributed by atoms with Crippen LogP contribution >= 0.6 is 0 Å². The molecule has 2 aliphatic heterocycles. The van der Waals surface area contributed by atoms with Crippen LogP contribution in [0.2, 0.25) is 0 Å². The van der Waals surface area contributed by atoms with E-state index in [2.05, 4.69) is 15.2 Å². The summed E-state index contributed by atoms with van der Waals surface area (Å²) in [5.41, 5.74) is 6.32. The number of anilines is 1. The maximum atomic E-state index is 12.4. The van der Waals surface area contributed by atoms with Crippen LogP contribution in [0, 0.1) is 5.92 Å². The molecule has 2 saturated heterocycles. The van der Waals surface area contributed by atoms with Crippen molar-refractivity contribution in [3.05, 3.63) is 23.9 Å². The third-order valence-electron chi connectivity index (χ3n) is 4.79. The summed E-state index contributed by atoms with van der Waals surface area (Å²) < 4.78 is 5.39. The molecule has 136 valence electrons. The molecule has 3 amide bonds. The molecule has 0 aromatic carbocycles. The summed E-state index contributed by atoms with van der Waals surface area (Å²) in [5.74, 6) is 0.513. The minimum Gasteiger partial charge on any atom is -0.378 e. The molecule has 0 aliphatic carbocycles. The van der Waals surface area contributed by atoms with Crippen LogP contribution in [0.15, 0.2) is 18.3 Å². The molecule has 1 aromatic heterocycles. The Morgan fingerprint density at radius 3 is 2.64 bits per heavy atom. The number of rotatable bonds is 4. The van der Waals surface area contributed by atoms with Gasteiger partial charge in [-0.15, -0.1) is 0 Å². The fourth-order valence-corrected chi connectivity index (χ4v) is 3.28. The summed E-state index contributed by atoms with van der Waals surface area (Å²) in [6, 6.07) is 3.75. The number of nitrogens with one attached hydrogen (secondary N) is 1. The summed E-state index contributed by atoms with van der Waals surface area (Å²) >= 11 is 0. The standard InChI is InChI=1S/C17H25N5O3/c18-15(23)13-3-6-22(7-4-13)17(24)20-12-14-2-1-5-19-16(14)21-8-10-25-11-9-21/h1-2,5,13H,3-4,6-12H2,(H2,18,23)(H,20,24). The van der Waals surface area contributed by atoms with Crippen LogP contribution in [0.1, 0.15) is 18.4 Å². The fourth-order valence-electron chi connectivity index (χ4n) is 3.28. The molecule has 0 bridgehead atoms. The number of amides is 3. The molecule has 0 radical (unpaired) electrons. The highest BCUT2D eigenvalue weighted by Gasteiger charge is 2.26. The second-order valence-electron chi connectivity index (χ2n) is 6.41. The largest absolute Gasteiger partial charge is 0.378 e. The number of carbonyl (C=O) groups is 2. The van der Waals surface area contributed by atoms with Gasteiger partial charge in [0.05, 0.1) is 13.2 Å². The van der Waals surface area contributed by atoms with Crippen molar-refractivity contribution in [3.63, 3.8) is 0 Å². The highest BCUT2D eigenvalue weighted by atomic mass is 16.5. The Bertz CT molecular complexity index is 610. The molecule has 1 aromatic rings. The zero-order valence-corrected chi connectivity index (χ0v) is 14.3. The van der Waals surface area contributed by atoms with E-state index in [-0.39, 0.29) is 17.9 Å². The molecular weight excluding hydrogens is 322 g/mol. The second kappa shape index (κ2) is 8.15. The minimum absolute atomic E-state index is 0.111. The van der Waals surface area contributed by atoms with Crippen molar-refractivity contribution in [2.45, 2.75) is 19.4 Å². The van der Waals surface area contributed by atoms with Gasteiger partial charge in [-0.3, -0.25) is 4.79 Å². The Morgan fingerprint density at radius 1 is 1.24 bits per heavy atom. The number of aromatic nitrogens is 1. The number of nitrogens with two attached hydrogens (primary N) is 1. The summed E-state index contributed by atoms with van der Waals surface area (Å²) in [6.45, 7) is 4.53. The Kier molecular flexibility index (Phi) is 5.70. The number of primary amides is 1. The molecule has 0 atom stereocenters. The number of hydrogen-bond acceptors (Lipinski definition) is 5. The van der Waals surface area contributed by atoms with Crippen LogP contribution in [0.4, 0.5) is 10.6 Å². The predicted molar refractivity (Wildman–Crippen MR) is 93.0 cm³/mol. The summed E-state index contributed by atoms with van der Waals surface area (Å²) in [5, 5.41) is 2.97. The topological polar surface area (TPSA) is 101 Å². The van der Waals surface area contributed by atoms with Crippen LogP contribution in [0.25, 0.3) is 0 Å². The van der Waals surface area contributed by atoms with Gasteiger partial charge >= 0.3 is 6.03 Å². The monoisotopic (exact) mass is 347 g/mol. The molecule has 0 saturated carbocycles. The van der Waals surface area contributed by atoms with Gasteiger partial charge in [0.15, 0.2) is 0 Å². The fraction of sp³-hybridized carbons (Fsp3) is 0.588. The van der Waals surface area contributed by atoms with E-state index in [0.29, 0.717) is 45.7 Å². The van der Waals surface area contributed by atoms with Gasteiger partial charge in [0.2, 0.25) is 5.91 Å². The average molecular weight is 347 g/mol. The average Bonchev–Trinajstić information content (AvgIpc) is 2.67. The van der Waals surface area contributed by atoms with Crippen molar-refractivity contribution in [1.29, 1.82) is 0 Å². The summed E-state index contributed by atoms with van der Waals surface area (Å²) in [4.78, 5) is 32.0. The van der Waals surface area contributed by atoms with Gasteiger partial charge in [-0.1, -0.05) is 6.07 Å². The molecule has 8 nitrogen and oxygen atoms in total. The summed E-state index contributed by atoms with van der Waals surface area (Å²) in [7, 11) is 0. The van der Waals surface area contributed by atoms with Crippen molar-refractivity contribution >= 4 is 17.8 Å². The number of piperidine rings is 1. The number of ether oxygens (including phenoxy) is 1. The molecule has 0 unspecified atom stereocenters. The SMILES string of the molecule is NC(=O)C1CCN(C(=O)NCc2cccnc2N2CCOCC2)CC1. The van der Waals surface area contributed by atoms with Gasteiger partial charge in [0.1, 0.15) is 5.82 Å². The van der Waals surface area contributed by atoms with Gasteiger partial charge in [-0.2, -0.15) is 0 Å². The Hall–Kier alpha value is -2.35. The Balaban J connectivity index is 1.55. The van der Waals surface area contributed by atoms with Crippen molar-refractivity contribution in [2.24, 2.45) is 11.7 Å². The first-order valence-electron chi connectivity index (χ1n) is 8.74. The lowest BCUT2D eigenvalue weighted by molar-refractivity contribution is -0.123. The lowest BCUT2D eigenvalue weighted by atomic mass is 9.96. The molecule has 3 heterocycles. The van der Waals surface area contributed by atoms with Crippen LogP contribution < -0.4 is 16.0 Å². The molecule has 8 heteroatoms. The van der Waals surface area contributed by atoms with Crippen LogP contribution in [-0.4, -0.2) is 61.2 Å². The first-order chi connectivity index (χ1) is 12.1. The zero-order chi connectivity index (χ0) is 17.6. The number of carbonyl (C=O) groups excluding carboxylic acids is 2. The van der Waals surface area contributed by atoms with E-state index in [1.807, 2.05) is 12.1 Å². The normalized spacial score (nSPS) is 18.9. The highest BCUT2D eigenvalue weighted by molar-refractivity contribution is 5.78. The van der Waals surface area contributed by atoms with Crippen molar-refractivity contribution < 1.29 is 14.3 Å². The maximum Gasteiger partial charge on any atom is 0.317 e. The van der Waals surface area contributed by atoms with Gasteiger partial charge in [-0.05, 0) is 18.9 Å². The lowest BCUT2D eigenvalue weighted by Gasteiger charge is -2.31. The van der Waals surface area contributed by atoms with Crippen molar-refractivity contribution in [1.82, 2.24) is 15.2 Å². The number of nitrogens with zero attached hydrogens (tertiary/aromatic N) is 3. The molecule has 0 spiro atoms. The molecule has 3 N–H and O–H groups in total. The van der Waals surface area contributed by atoms with E-state index < -0.39 is 0 Å². The third-order valence-corrected chi connectivity index (χ3v) is 4.79. The first-order valence-corrected chi connectivity index (χ1v) is 8.74. The molecular formula is C17H25N5O3. The smallest absolute Gasteiger partial charge is 0.317 e. The second-order valence-corrected chi connectivity index (χ2v) is 6.41. The molecule has 3 rings (SSSR count). The van der Waals surface area contributed by atoms with E-state index in [4.69, 9.17) is 10.5 Å². The zero-order valence-electron chi connectivity index (χ0n) is 14.3. The molecule has 2 aliphatic rings. The Labute approximate surface area is 147 Å². The quantitative estimate of drug-likeness (QED) is 0.817. The van der Waals surface area contributed by atoms with E-state index in [1.54, 1.807) is 11.1 Å². The van der Waals surface area contributed by atoms with Gasteiger partial charge in [0, 0.05) is 50.4 Å². The van der Waals surface area contributed by atoms with Gasteiger partial charge in [-0.25, -0.2) is 9.78 Å². The van der Waals surface area contributed by atoms with Gasteiger partial charge in [0.25, 0.3) is 0 Å². The number of hydrogen-bond donors (Lipinski definition) is 2.